The topological polar surface area (TPSA) is 63.6 Å². The Morgan fingerprint density at radius 2 is 2.00 bits per heavy atom. The van der Waals surface area contributed by atoms with Crippen LogP contribution in [0.15, 0.2) is 18.2 Å². The lowest BCUT2D eigenvalue weighted by Crippen LogP contribution is -2.10. The SMILES string of the molecule is CC(C)COc1ccc(Cl)cc1C(=O)CCC(=O)O. The molecule has 19 heavy (non-hydrogen) atoms. The molecule has 1 N–H and O–H groups in total. The van der Waals surface area contributed by atoms with E-state index in [2.05, 4.69) is 0 Å². The van der Waals surface area contributed by atoms with Crippen LogP contribution in [0.2, 0.25) is 5.02 Å². The molecule has 0 radical (unpaired) electrons. The van der Waals surface area contributed by atoms with Crippen LogP contribution in [-0.2, 0) is 4.79 Å². The number of benzene rings is 1. The number of carbonyl (C=O) groups is 2. The van der Waals surface area contributed by atoms with E-state index in [0.717, 1.165) is 0 Å². The van der Waals surface area contributed by atoms with Crippen molar-refractivity contribution in [1.82, 2.24) is 0 Å². The molecule has 0 aliphatic carbocycles. The van der Waals surface area contributed by atoms with Gasteiger partial charge in [-0.3, -0.25) is 9.59 Å². The fraction of sp³-hybridized carbons (Fsp3) is 0.429. The molecule has 0 aromatic heterocycles. The van der Waals surface area contributed by atoms with E-state index in [4.69, 9.17) is 21.4 Å². The zero-order valence-electron chi connectivity index (χ0n) is 11.0. The Kier molecular flexibility index (Phi) is 5.83. The Bertz CT molecular complexity index is 469. The fourth-order valence-electron chi connectivity index (χ4n) is 1.46. The number of carboxylic acid groups (broad SMARTS) is 1. The average molecular weight is 285 g/mol. The Hall–Kier alpha value is -1.55. The van der Waals surface area contributed by atoms with Gasteiger partial charge in [-0.25, -0.2) is 0 Å². The van der Waals surface area contributed by atoms with Gasteiger partial charge in [0.25, 0.3) is 0 Å². The maximum atomic E-state index is 12.0. The van der Waals surface area contributed by atoms with Gasteiger partial charge in [0.15, 0.2) is 5.78 Å². The number of rotatable bonds is 7. The predicted molar refractivity (Wildman–Crippen MR) is 73.0 cm³/mol. The van der Waals surface area contributed by atoms with E-state index < -0.39 is 5.97 Å². The molecule has 0 heterocycles. The molecule has 0 saturated carbocycles. The molecule has 0 unspecified atom stereocenters. The molecule has 0 aliphatic heterocycles. The van der Waals surface area contributed by atoms with Crippen LogP contribution in [0, 0.1) is 5.92 Å². The first kappa shape index (κ1) is 15.5. The highest BCUT2D eigenvalue weighted by Crippen LogP contribution is 2.25. The molecule has 0 bridgehead atoms. The molecule has 1 aromatic rings. The van der Waals surface area contributed by atoms with Gasteiger partial charge in [-0.2, -0.15) is 0 Å². The van der Waals surface area contributed by atoms with Gasteiger partial charge in [-0.1, -0.05) is 25.4 Å². The van der Waals surface area contributed by atoms with Gasteiger partial charge in [0.1, 0.15) is 5.75 Å². The van der Waals surface area contributed by atoms with E-state index in [9.17, 15) is 9.59 Å². The van der Waals surface area contributed by atoms with Crippen LogP contribution < -0.4 is 4.74 Å². The normalized spacial score (nSPS) is 10.5. The van der Waals surface area contributed by atoms with Crippen molar-refractivity contribution in [2.24, 2.45) is 5.92 Å². The van der Waals surface area contributed by atoms with Gasteiger partial charge in [-0.15, -0.1) is 0 Å². The first-order chi connectivity index (χ1) is 8.90. The number of carbonyl (C=O) groups excluding carboxylic acids is 1. The summed E-state index contributed by atoms with van der Waals surface area (Å²) >= 11 is 5.86. The third-order valence-corrected chi connectivity index (χ3v) is 2.62. The Morgan fingerprint density at radius 3 is 2.58 bits per heavy atom. The number of ether oxygens (including phenoxy) is 1. The highest BCUT2D eigenvalue weighted by Gasteiger charge is 2.15. The Morgan fingerprint density at radius 1 is 1.32 bits per heavy atom. The second kappa shape index (κ2) is 7.14. The van der Waals surface area contributed by atoms with Crippen molar-refractivity contribution in [1.29, 1.82) is 0 Å². The van der Waals surface area contributed by atoms with Gasteiger partial charge >= 0.3 is 5.97 Å². The van der Waals surface area contributed by atoms with E-state index in [1.807, 2.05) is 13.8 Å². The molecule has 5 heteroatoms. The van der Waals surface area contributed by atoms with E-state index in [1.54, 1.807) is 12.1 Å². The Balaban J connectivity index is 2.86. The molecule has 0 spiro atoms. The second-order valence-electron chi connectivity index (χ2n) is 4.66. The van der Waals surface area contributed by atoms with Gasteiger partial charge < -0.3 is 9.84 Å². The first-order valence-electron chi connectivity index (χ1n) is 6.07. The van der Waals surface area contributed by atoms with Gasteiger partial charge in [-0.05, 0) is 24.1 Å². The molecule has 4 nitrogen and oxygen atoms in total. The van der Waals surface area contributed by atoms with Gasteiger partial charge in [0, 0.05) is 11.4 Å². The molecule has 1 rings (SSSR count). The first-order valence-corrected chi connectivity index (χ1v) is 6.45. The molecule has 0 saturated heterocycles. The van der Waals surface area contributed by atoms with E-state index in [0.29, 0.717) is 28.9 Å². The summed E-state index contributed by atoms with van der Waals surface area (Å²) in [5, 5.41) is 9.03. The summed E-state index contributed by atoms with van der Waals surface area (Å²) < 4.78 is 5.55. The van der Waals surface area contributed by atoms with Crippen LogP contribution in [-0.4, -0.2) is 23.5 Å². The minimum Gasteiger partial charge on any atom is -0.493 e. The van der Waals surface area contributed by atoms with Crippen molar-refractivity contribution in [2.75, 3.05) is 6.61 Å². The van der Waals surface area contributed by atoms with Crippen molar-refractivity contribution in [2.45, 2.75) is 26.7 Å². The molecule has 104 valence electrons. The summed E-state index contributed by atoms with van der Waals surface area (Å²) in [6.45, 7) is 4.49. The quantitative estimate of drug-likeness (QED) is 0.779. The third kappa shape index (κ3) is 5.30. The van der Waals surface area contributed by atoms with E-state index in [1.165, 1.54) is 6.07 Å². The van der Waals surface area contributed by atoms with Crippen LogP contribution in [0.4, 0.5) is 0 Å². The summed E-state index contributed by atoms with van der Waals surface area (Å²) in [6, 6.07) is 4.80. The molecule has 0 amide bonds. The molecule has 1 aromatic carbocycles. The maximum absolute atomic E-state index is 12.0. The lowest BCUT2D eigenvalue weighted by atomic mass is 10.1. The van der Waals surface area contributed by atoms with Crippen LogP contribution in [0.5, 0.6) is 5.75 Å². The van der Waals surface area contributed by atoms with Crippen LogP contribution in [0.25, 0.3) is 0 Å². The van der Waals surface area contributed by atoms with Crippen molar-refractivity contribution in [3.63, 3.8) is 0 Å². The Labute approximate surface area is 117 Å². The largest absolute Gasteiger partial charge is 0.493 e. The minimum atomic E-state index is -1.000. The standard InChI is InChI=1S/C14H17ClO4/c1-9(2)8-19-13-5-3-10(15)7-11(13)12(16)4-6-14(17)18/h3,5,7,9H,4,6,8H2,1-2H3,(H,17,18). The lowest BCUT2D eigenvalue weighted by molar-refractivity contribution is -0.136. The van der Waals surface area contributed by atoms with Crippen LogP contribution in [0.1, 0.15) is 37.0 Å². The summed E-state index contributed by atoms with van der Waals surface area (Å²) in [5.74, 6) is -0.491. The number of carboxylic acids is 1. The summed E-state index contributed by atoms with van der Waals surface area (Å²) in [6.07, 6.45) is -0.261. The van der Waals surface area contributed by atoms with Crippen LogP contribution in [0.3, 0.4) is 0 Å². The fourth-order valence-corrected chi connectivity index (χ4v) is 1.63. The van der Waals surface area contributed by atoms with E-state index >= 15 is 0 Å². The molecule has 0 fully saturated rings. The molecule has 0 aliphatic rings. The average Bonchev–Trinajstić information content (AvgIpc) is 2.34. The highest BCUT2D eigenvalue weighted by molar-refractivity contribution is 6.31. The third-order valence-electron chi connectivity index (χ3n) is 2.38. The zero-order chi connectivity index (χ0) is 14.4. The number of halogens is 1. The molecular formula is C14H17ClO4. The summed E-state index contributed by atoms with van der Waals surface area (Å²) in [7, 11) is 0. The number of Topliss-reactive ketones (excluding diaryl/α,β-unsaturated/α-hetero) is 1. The maximum Gasteiger partial charge on any atom is 0.303 e. The lowest BCUT2D eigenvalue weighted by Gasteiger charge is -2.12. The van der Waals surface area contributed by atoms with Gasteiger partial charge in [0.2, 0.25) is 0 Å². The zero-order valence-corrected chi connectivity index (χ0v) is 11.7. The summed E-state index contributed by atoms with van der Waals surface area (Å²) in [5.41, 5.74) is 0.342. The van der Waals surface area contributed by atoms with Crippen LogP contribution >= 0.6 is 11.6 Å². The number of hydrogen-bond donors (Lipinski definition) is 1. The van der Waals surface area contributed by atoms with Crippen molar-refractivity contribution in [3.05, 3.63) is 28.8 Å². The molecular weight excluding hydrogens is 268 g/mol. The van der Waals surface area contributed by atoms with E-state index in [-0.39, 0.29) is 18.6 Å². The highest BCUT2D eigenvalue weighted by atomic mass is 35.5. The number of ketones is 1. The number of aliphatic carboxylic acids is 1. The van der Waals surface area contributed by atoms with Crippen molar-refractivity contribution < 1.29 is 19.4 Å². The number of hydrogen-bond acceptors (Lipinski definition) is 3. The van der Waals surface area contributed by atoms with Crippen molar-refractivity contribution in [3.8, 4) is 5.75 Å². The second-order valence-corrected chi connectivity index (χ2v) is 5.10. The van der Waals surface area contributed by atoms with Crippen molar-refractivity contribution >= 4 is 23.4 Å². The predicted octanol–water partition coefficient (Wildman–Crippen LogP) is 3.42. The minimum absolute atomic E-state index is 0.0618. The smallest absolute Gasteiger partial charge is 0.303 e. The summed E-state index contributed by atoms with van der Waals surface area (Å²) in [4.78, 5) is 22.5. The van der Waals surface area contributed by atoms with Gasteiger partial charge in [0.05, 0.1) is 18.6 Å². The molecule has 0 atom stereocenters. The monoisotopic (exact) mass is 284 g/mol.